The maximum Gasteiger partial charge on any atom is 0.382 e. The van der Waals surface area contributed by atoms with Gasteiger partial charge in [-0.1, -0.05) is 13.2 Å². The maximum atomic E-state index is 12.4. The van der Waals surface area contributed by atoms with Crippen molar-refractivity contribution in [3.8, 4) is 0 Å². The van der Waals surface area contributed by atoms with Crippen molar-refractivity contribution < 1.29 is 30.7 Å². The average Bonchev–Trinajstić information content (AvgIpc) is 2.03. The zero-order valence-electron chi connectivity index (χ0n) is 6.64. The van der Waals surface area contributed by atoms with Crippen molar-refractivity contribution in [2.75, 3.05) is 0 Å². The van der Waals surface area contributed by atoms with Crippen molar-refractivity contribution in [2.45, 2.75) is 17.8 Å². The molecule has 0 atom stereocenters. The molecule has 0 bridgehead atoms. The lowest BCUT2D eigenvalue weighted by Gasteiger charge is -2.29. The van der Waals surface area contributed by atoms with Gasteiger partial charge in [0, 0.05) is 0 Å². The van der Waals surface area contributed by atoms with Crippen LogP contribution in [-0.2, 0) is 0 Å². The van der Waals surface area contributed by atoms with Crippen molar-refractivity contribution in [3.05, 3.63) is 25.1 Å². The smallest absolute Gasteiger partial charge is 0.206 e. The number of rotatable bonds is 4. The highest BCUT2D eigenvalue weighted by molar-refractivity contribution is 5.14. The highest BCUT2D eigenvalue weighted by Crippen LogP contribution is 2.49. The summed E-state index contributed by atoms with van der Waals surface area (Å²) in [6.45, 7) is 4.13. The summed E-state index contributed by atoms with van der Waals surface area (Å²) >= 11 is 0. The van der Waals surface area contributed by atoms with Gasteiger partial charge in [-0.05, 0) is 6.08 Å². The average molecular weight is 222 g/mol. The largest absolute Gasteiger partial charge is 0.382 e. The Kier molecular flexibility index (Phi) is 3.05. The van der Waals surface area contributed by atoms with Crippen molar-refractivity contribution >= 4 is 0 Å². The van der Waals surface area contributed by atoms with E-state index in [9.17, 15) is 30.7 Å². The van der Waals surface area contributed by atoms with Crippen LogP contribution in [0.5, 0.6) is 0 Å². The standard InChI is InChI=1S/C7H5F7/c1-3-5(9,10)7(13,14)6(11,12)4(2)8/h3H,1-2H2. The van der Waals surface area contributed by atoms with Crippen molar-refractivity contribution in [3.63, 3.8) is 0 Å². The number of alkyl halides is 6. The highest BCUT2D eigenvalue weighted by atomic mass is 19.3. The van der Waals surface area contributed by atoms with E-state index in [1.807, 2.05) is 6.58 Å². The van der Waals surface area contributed by atoms with Gasteiger partial charge in [0.2, 0.25) is 0 Å². The normalized spacial score (nSPS) is 13.9. The van der Waals surface area contributed by atoms with Crippen LogP contribution in [0.4, 0.5) is 30.7 Å². The summed E-state index contributed by atoms with van der Waals surface area (Å²) < 4.78 is 85.5. The van der Waals surface area contributed by atoms with Gasteiger partial charge in [0.1, 0.15) is 0 Å². The maximum absolute atomic E-state index is 12.4. The number of allylic oxidation sites excluding steroid dienone is 2. The first kappa shape index (κ1) is 13.0. The fourth-order valence-electron chi connectivity index (χ4n) is 0.508. The Balaban J connectivity index is 5.35. The molecule has 7 heteroatoms. The molecule has 0 unspecified atom stereocenters. The molecule has 0 saturated carbocycles. The summed E-state index contributed by atoms with van der Waals surface area (Å²) in [4.78, 5) is 0. The molecule has 0 amide bonds. The Morgan fingerprint density at radius 1 is 1.00 bits per heavy atom. The molecule has 82 valence electrons. The minimum Gasteiger partial charge on any atom is -0.206 e. The molecule has 0 spiro atoms. The second-order valence-electron chi connectivity index (χ2n) is 2.38. The van der Waals surface area contributed by atoms with Gasteiger partial charge in [0.05, 0.1) is 0 Å². The Bertz CT molecular complexity index is 253. The Hall–Kier alpha value is -1.01. The van der Waals surface area contributed by atoms with Gasteiger partial charge in [0.15, 0.2) is 5.83 Å². The number of hydrogen-bond acceptors (Lipinski definition) is 0. The van der Waals surface area contributed by atoms with E-state index in [1.54, 1.807) is 0 Å². The summed E-state index contributed by atoms with van der Waals surface area (Å²) in [7, 11) is 0. The second-order valence-corrected chi connectivity index (χ2v) is 2.38. The molecule has 0 N–H and O–H groups in total. The van der Waals surface area contributed by atoms with Gasteiger partial charge >= 0.3 is 17.8 Å². The third-order valence-corrected chi connectivity index (χ3v) is 1.41. The molecule has 0 radical (unpaired) electrons. The van der Waals surface area contributed by atoms with Crippen molar-refractivity contribution in [2.24, 2.45) is 0 Å². The first-order chi connectivity index (χ1) is 6.00. The van der Waals surface area contributed by atoms with Crippen LogP contribution >= 0.6 is 0 Å². The highest BCUT2D eigenvalue weighted by Gasteiger charge is 2.71. The van der Waals surface area contributed by atoms with Crippen LogP contribution in [0.3, 0.4) is 0 Å². The van der Waals surface area contributed by atoms with Crippen LogP contribution in [0.15, 0.2) is 25.1 Å². The fraction of sp³-hybridized carbons (Fsp3) is 0.429. The SMILES string of the molecule is C=CC(F)(F)C(F)(F)C(F)(F)C(=C)F. The van der Waals surface area contributed by atoms with Crippen molar-refractivity contribution in [1.82, 2.24) is 0 Å². The van der Waals surface area contributed by atoms with Gasteiger partial charge in [-0.15, -0.1) is 0 Å². The van der Waals surface area contributed by atoms with Gasteiger partial charge in [-0.25, -0.2) is 4.39 Å². The van der Waals surface area contributed by atoms with Crippen LogP contribution in [0.1, 0.15) is 0 Å². The monoisotopic (exact) mass is 222 g/mol. The first-order valence-electron chi connectivity index (χ1n) is 3.12. The molecule has 0 aromatic carbocycles. The molecule has 0 saturated heterocycles. The molecule has 0 aliphatic rings. The minimum atomic E-state index is -5.90. The lowest BCUT2D eigenvalue weighted by atomic mass is 10.0. The Morgan fingerprint density at radius 2 is 1.36 bits per heavy atom. The quantitative estimate of drug-likeness (QED) is 0.504. The predicted molar refractivity (Wildman–Crippen MR) is 35.3 cm³/mol. The molecule has 0 fully saturated rings. The van der Waals surface area contributed by atoms with Crippen LogP contribution < -0.4 is 0 Å². The zero-order chi connectivity index (χ0) is 11.8. The van der Waals surface area contributed by atoms with E-state index in [0.29, 0.717) is 0 Å². The Morgan fingerprint density at radius 3 is 1.57 bits per heavy atom. The van der Waals surface area contributed by atoms with Crippen molar-refractivity contribution in [1.29, 1.82) is 0 Å². The lowest BCUT2D eigenvalue weighted by molar-refractivity contribution is -0.282. The van der Waals surface area contributed by atoms with E-state index in [4.69, 9.17) is 0 Å². The van der Waals surface area contributed by atoms with Crippen LogP contribution in [0, 0.1) is 0 Å². The van der Waals surface area contributed by atoms with Gasteiger partial charge in [0.25, 0.3) is 0 Å². The second kappa shape index (κ2) is 3.29. The number of halogens is 7. The molecule has 0 aromatic heterocycles. The Labute approximate surface area is 74.7 Å². The van der Waals surface area contributed by atoms with Gasteiger partial charge < -0.3 is 0 Å². The topological polar surface area (TPSA) is 0 Å². The molecule has 0 aliphatic heterocycles. The summed E-state index contributed by atoms with van der Waals surface area (Å²) in [5.41, 5.74) is 0. The summed E-state index contributed by atoms with van der Waals surface area (Å²) in [6.07, 6.45) is -0.677. The molecule has 0 nitrogen and oxygen atoms in total. The minimum absolute atomic E-state index is 0.677. The molecule has 0 heterocycles. The van der Waals surface area contributed by atoms with E-state index in [-0.39, 0.29) is 0 Å². The number of hydrogen-bond donors (Lipinski definition) is 0. The van der Waals surface area contributed by atoms with Gasteiger partial charge in [-0.3, -0.25) is 0 Å². The van der Waals surface area contributed by atoms with E-state index in [0.717, 1.165) is 0 Å². The molecule has 0 rings (SSSR count). The van der Waals surface area contributed by atoms with E-state index in [2.05, 4.69) is 6.58 Å². The molecular formula is C7H5F7. The summed E-state index contributed by atoms with van der Waals surface area (Å²) in [5.74, 6) is -19.6. The van der Waals surface area contributed by atoms with Crippen LogP contribution in [0.2, 0.25) is 0 Å². The summed E-state index contributed by atoms with van der Waals surface area (Å²) in [5, 5.41) is 0. The zero-order valence-corrected chi connectivity index (χ0v) is 6.64. The van der Waals surface area contributed by atoms with E-state index < -0.39 is 29.7 Å². The lowest BCUT2D eigenvalue weighted by Crippen LogP contribution is -2.53. The van der Waals surface area contributed by atoms with Crippen LogP contribution in [0.25, 0.3) is 0 Å². The third-order valence-electron chi connectivity index (χ3n) is 1.41. The molecular weight excluding hydrogens is 217 g/mol. The first-order valence-corrected chi connectivity index (χ1v) is 3.12. The third kappa shape index (κ3) is 1.62. The predicted octanol–water partition coefficient (Wildman–Crippen LogP) is 3.56. The van der Waals surface area contributed by atoms with E-state index in [1.165, 1.54) is 0 Å². The van der Waals surface area contributed by atoms with Crippen LogP contribution in [-0.4, -0.2) is 17.8 Å². The van der Waals surface area contributed by atoms with Gasteiger partial charge in [-0.2, -0.15) is 26.3 Å². The molecule has 14 heavy (non-hydrogen) atoms. The molecule has 0 aliphatic carbocycles. The summed E-state index contributed by atoms with van der Waals surface area (Å²) in [6, 6.07) is 0. The molecule has 0 aromatic rings. The fourth-order valence-corrected chi connectivity index (χ4v) is 0.508. The van der Waals surface area contributed by atoms with E-state index >= 15 is 0 Å².